The van der Waals surface area contributed by atoms with Gasteiger partial charge >= 0.3 is 6.18 Å². The topological polar surface area (TPSA) is 90.6 Å². The molecule has 2 aliphatic heterocycles. The number of nitrogen functional groups attached to an aromatic ring is 1. The molecule has 4 heterocycles. The summed E-state index contributed by atoms with van der Waals surface area (Å²) in [5.41, 5.74) is 8.11. The highest BCUT2D eigenvalue weighted by Crippen LogP contribution is 2.40. The van der Waals surface area contributed by atoms with Crippen molar-refractivity contribution in [2.75, 3.05) is 19.4 Å². The average molecular weight is 430 g/mol. The molecule has 10 heteroatoms. The minimum atomic E-state index is -4.46. The lowest BCUT2D eigenvalue weighted by molar-refractivity contribution is -0.137. The molecular weight excluding hydrogens is 413 g/mol. The Bertz CT molecular complexity index is 1230. The van der Waals surface area contributed by atoms with Crippen LogP contribution in [0.4, 0.5) is 19.0 Å². The van der Waals surface area contributed by atoms with Gasteiger partial charge in [-0.15, -0.1) is 0 Å². The minimum absolute atomic E-state index is 0.0707. The molecule has 0 saturated carbocycles. The molecule has 2 N–H and O–H groups in total. The van der Waals surface area contributed by atoms with E-state index in [2.05, 4.69) is 9.97 Å². The highest BCUT2D eigenvalue weighted by Gasteiger charge is 2.36. The van der Waals surface area contributed by atoms with Crippen molar-refractivity contribution in [1.82, 2.24) is 14.9 Å². The van der Waals surface area contributed by atoms with Crippen LogP contribution in [0.5, 0.6) is 5.75 Å². The maximum absolute atomic E-state index is 13.2. The van der Waals surface area contributed by atoms with Gasteiger partial charge in [-0.05, 0) is 23.8 Å². The molecule has 1 aromatic carbocycles. The van der Waals surface area contributed by atoms with Crippen molar-refractivity contribution < 1.29 is 27.4 Å². The number of alkyl halides is 3. The number of carbonyl (C=O) groups is 1. The fraction of sp³-hybridized carbons (Fsp3) is 0.286. The summed E-state index contributed by atoms with van der Waals surface area (Å²) in [7, 11) is 1.59. The van der Waals surface area contributed by atoms with Crippen molar-refractivity contribution in [2.45, 2.75) is 25.4 Å². The van der Waals surface area contributed by atoms with Gasteiger partial charge in [0, 0.05) is 29.8 Å². The standard InChI is InChI=1S/C21H17F3N4O3/c1-28(16-9-31-17-5-11(21(22,23)24)2-3-12(16)17)20(29)10-4-13-14-7-30-8-15(14)18(25)27-19(13)26-6-10/h2-6,16H,7-9H2,1H3,(H2,25,26,27). The molecule has 0 bridgehead atoms. The molecule has 0 fully saturated rings. The molecule has 3 aromatic rings. The third kappa shape index (κ3) is 3.14. The van der Waals surface area contributed by atoms with Gasteiger partial charge in [0.15, 0.2) is 5.65 Å². The highest BCUT2D eigenvalue weighted by molar-refractivity contribution is 5.98. The van der Waals surface area contributed by atoms with Gasteiger partial charge in [0.25, 0.3) is 5.91 Å². The number of pyridine rings is 2. The predicted octanol–water partition coefficient (Wildman–Crippen LogP) is 3.47. The SMILES string of the molecule is CN(C(=O)c1cnc2nc(N)c3c(c2c1)COC3)C1COc2cc(C(F)(F)F)ccc21. The Morgan fingerprint density at radius 3 is 2.77 bits per heavy atom. The number of ether oxygens (including phenoxy) is 2. The smallest absolute Gasteiger partial charge is 0.416 e. The Hall–Kier alpha value is -3.40. The molecular formula is C21H17F3N4O3. The molecule has 7 nitrogen and oxygen atoms in total. The van der Waals surface area contributed by atoms with Gasteiger partial charge in [-0.25, -0.2) is 9.97 Å². The number of fused-ring (bicyclic) bond motifs is 4. The molecule has 2 aromatic heterocycles. The van der Waals surface area contributed by atoms with Crippen molar-refractivity contribution in [3.05, 3.63) is 58.3 Å². The summed E-state index contributed by atoms with van der Waals surface area (Å²) in [6.45, 7) is 0.790. The summed E-state index contributed by atoms with van der Waals surface area (Å²) >= 11 is 0. The number of nitrogens with two attached hydrogens (primary N) is 1. The van der Waals surface area contributed by atoms with E-state index >= 15 is 0 Å². The average Bonchev–Trinajstić information content (AvgIpc) is 3.39. The Morgan fingerprint density at radius 1 is 1.23 bits per heavy atom. The quantitative estimate of drug-likeness (QED) is 0.670. The first-order chi connectivity index (χ1) is 14.7. The van der Waals surface area contributed by atoms with E-state index in [1.165, 1.54) is 17.2 Å². The van der Waals surface area contributed by atoms with E-state index in [1.54, 1.807) is 13.1 Å². The van der Waals surface area contributed by atoms with Crippen LogP contribution in [-0.2, 0) is 24.1 Å². The number of benzene rings is 1. The molecule has 2 aliphatic rings. The van der Waals surface area contributed by atoms with Crippen molar-refractivity contribution in [2.24, 2.45) is 0 Å². The minimum Gasteiger partial charge on any atom is -0.491 e. The largest absolute Gasteiger partial charge is 0.491 e. The molecule has 0 radical (unpaired) electrons. The van der Waals surface area contributed by atoms with Crippen molar-refractivity contribution in [3.63, 3.8) is 0 Å². The summed E-state index contributed by atoms with van der Waals surface area (Å²) in [5, 5.41) is 0.693. The van der Waals surface area contributed by atoms with E-state index in [9.17, 15) is 18.0 Å². The van der Waals surface area contributed by atoms with Gasteiger partial charge in [0.2, 0.25) is 0 Å². The van der Waals surface area contributed by atoms with Crippen LogP contribution >= 0.6 is 0 Å². The van der Waals surface area contributed by atoms with Gasteiger partial charge in [0.1, 0.15) is 18.2 Å². The third-order valence-corrected chi connectivity index (χ3v) is 5.72. The zero-order chi connectivity index (χ0) is 21.9. The number of aromatic nitrogens is 2. The number of rotatable bonds is 2. The van der Waals surface area contributed by atoms with Crippen LogP contribution in [0.25, 0.3) is 11.0 Å². The molecule has 0 saturated heterocycles. The van der Waals surface area contributed by atoms with Crippen LogP contribution < -0.4 is 10.5 Å². The number of carbonyl (C=O) groups excluding carboxylic acids is 1. The lowest BCUT2D eigenvalue weighted by Gasteiger charge is -2.24. The number of amides is 1. The van der Waals surface area contributed by atoms with E-state index in [4.69, 9.17) is 15.2 Å². The van der Waals surface area contributed by atoms with E-state index < -0.39 is 17.8 Å². The Labute approximate surface area is 174 Å². The monoisotopic (exact) mass is 430 g/mol. The zero-order valence-corrected chi connectivity index (χ0v) is 16.4. The van der Waals surface area contributed by atoms with E-state index in [0.717, 1.165) is 23.3 Å². The van der Waals surface area contributed by atoms with Crippen molar-refractivity contribution in [1.29, 1.82) is 0 Å². The third-order valence-electron chi connectivity index (χ3n) is 5.72. The van der Waals surface area contributed by atoms with Crippen LogP contribution in [-0.4, -0.2) is 34.4 Å². The van der Waals surface area contributed by atoms with Gasteiger partial charge in [-0.1, -0.05) is 6.07 Å². The van der Waals surface area contributed by atoms with E-state index in [1.807, 2.05) is 0 Å². The van der Waals surface area contributed by atoms with Crippen LogP contribution in [0.15, 0.2) is 30.5 Å². The molecule has 1 unspecified atom stereocenters. The van der Waals surface area contributed by atoms with Crippen LogP contribution in [0.2, 0.25) is 0 Å². The van der Waals surface area contributed by atoms with Gasteiger partial charge in [0.05, 0.1) is 30.4 Å². The summed E-state index contributed by atoms with van der Waals surface area (Å²) in [6.07, 6.45) is -3.05. The maximum atomic E-state index is 13.2. The maximum Gasteiger partial charge on any atom is 0.416 e. The van der Waals surface area contributed by atoms with Gasteiger partial charge < -0.3 is 20.1 Å². The van der Waals surface area contributed by atoms with Crippen LogP contribution in [0, 0.1) is 0 Å². The number of hydrogen-bond acceptors (Lipinski definition) is 6. The summed E-state index contributed by atoms with van der Waals surface area (Å²) < 4.78 is 49.8. The second kappa shape index (κ2) is 6.81. The summed E-state index contributed by atoms with van der Waals surface area (Å²) in [4.78, 5) is 23.2. The number of anilines is 1. The number of nitrogens with zero attached hydrogens (tertiary/aromatic N) is 3. The zero-order valence-electron chi connectivity index (χ0n) is 16.4. The predicted molar refractivity (Wildman–Crippen MR) is 104 cm³/mol. The second-order valence-corrected chi connectivity index (χ2v) is 7.54. The first kappa shape index (κ1) is 19.6. The molecule has 1 atom stereocenters. The number of likely N-dealkylation sites (N-methyl/N-ethyl adjacent to an activating group) is 1. The van der Waals surface area contributed by atoms with E-state index in [0.29, 0.717) is 41.2 Å². The lowest BCUT2D eigenvalue weighted by Crippen LogP contribution is -2.32. The van der Waals surface area contributed by atoms with Crippen molar-refractivity contribution in [3.8, 4) is 5.75 Å². The van der Waals surface area contributed by atoms with Gasteiger partial charge in [-0.2, -0.15) is 13.2 Å². The molecule has 0 aliphatic carbocycles. The first-order valence-corrected chi connectivity index (χ1v) is 9.50. The molecule has 1 amide bonds. The van der Waals surface area contributed by atoms with Crippen LogP contribution in [0.3, 0.4) is 0 Å². The number of halogens is 3. The fourth-order valence-corrected chi connectivity index (χ4v) is 4.00. The molecule has 0 spiro atoms. The van der Waals surface area contributed by atoms with Crippen LogP contribution in [0.1, 0.15) is 38.7 Å². The normalized spacial score (nSPS) is 17.4. The van der Waals surface area contributed by atoms with Crippen molar-refractivity contribution >= 4 is 22.8 Å². The Morgan fingerprint density at radius 2 is 2.00 bits per heavy atom. The first-order valence-electron chi connectivity index (χ1n) is 9.50. The molecule has 5 rings (SSSR count). The lowest BCUT2D eigenvalue weighted by atomic mass is 10.0. The summed E-state index contributed by atoms with van der Waals surface area (Å²) in [5.74, 6) is 0.160. The summed E-state index contributed by atoms with van der Waals surface area (Å²) in [6, 6.07) is 4.50. The highest BCUT2D eigenvalue weighted by atomic mass is 19.4. The second-order valence-electron chi connectivity index (χ2n) is 7.54. The van der Waals surface area contributed by atoms with E-state index in [-0.39, 0.29) is 18.3 Å². The van der Waals surface area contributed by atoms with Gasteiger partial charge in [-0.3, -0.25) is 4.79 Å². The Balaban J connectivity index is 1.47. The molecule has 31 heavy (non-hydrogen) atoms. The Kier molecular flexibility index (Phi) is 4.30. The fourth-order valence-electron chi connectivity index (χ4n) is 4.00. The molecule has 160 valence electrons. The number of hydrogen-bond donors (Lipinski definition) is 1.